The van der Waals surface area contributed by atoms with Crippen LogP contribution in [0.4, 0.5) is 0 Å². The van der Waals surface area contributed by atoms with E-state index in [0.717, 1.165) is 6.42 Å². The molecule has 0 aliphatic heterocycles. The standard InChI is InChI=1S/C19H33N.H2O/c1-2-3-4-5-6-7-8-9-10-14-17-19(20)18-15-12-11-13-16-18;/h11-13,15-16,19H,2-10,14,17,20H2,1H3;1H2. The van der Waals surface area contributed by atoms with Gasteiger partial charge in [0.25, 0.3) is 0 Å². The van der Waals surface area contributed by atoms with Crippen LogP contribution in [-0.4, -0.2) is 5.48 Å². The van der Waals surface area contributed by atoms with Crippen LogP contribution in [0.25, 0.3) is 0 Å². The summed E-state index contributed by atoms with van der Waals surface area (Å²) in [6.07, 6.45) is 15.0. The van der Waals surface area contributed by atoms with Crippen molar-refractivity contribution < 1.29 is 5.48 Å². The lowest BCUT2D eigenvalue weighted by Crippen LogP contribution is -2.09. The first-order valence-corrected chi connectivity index (χ1v) is 8.65. The molecule has 0 aliphatic rings. The predicted octanol–water partition coefficient (Wildman–Crippen LogP) is 5.17. The fourth-order valence-electron chi connectivity index (χ4n) is 2.72. The van der Waals surface area contributed by atoms with Gasteiger partial charge in [0, 0.05) is 6.04 Å². The molecule has 1 rings (SSSR count). The molecule has 0 aliphatic carbocycles. The third-order valence-corrected chi connectivity index (χ3v) is 4.10. The summed E-state index contributed by atoms with van der Waals surface area (Å²) in [5, 5.41) is 0. The van der Waals surface area contributed by atoms with Crippen molar-refractivity contribution in [3.05, 3.63) is 35.9 Å². The maximum atomic E-state index is 6.20. The smallest absolute Gasteiger partial charge is 0.0294 e. The van der Waals surface area contributed by atoms with E-state index in [1.165, 1.54) is 69.8 Å². The molecule has 0 radical (unpaired) electrons. The number of nitrogens with two attached hydrogens (primary N) is 1. The van der Waals surface area contributed by atoms with Gasteiger partial charge < -0.3 is 11.2 Å². The van der Waals surface area contributed by atoms with Crippen LogP contribution in [-0.2, 0) is 0 Å². The highest BCUT2D eigenvalue weighted by molar-refractivity contribution is 5.18. The molecule has 0 saturated heterocycles. The Kier molecular flexibility index (Phi) is 13.5. The molecule has 0 heterocycles. The van der Waals surface area contributed by atoms with Crippen molar-refractivity contribution in [1.82, 2.24) is 0 Å². The van der Waals surface area contributed by atoms with Gasteiger partial charge in [-0.3, -0.25) is 0 Å². The van der Waals surface area contributed by atoms with Gasteiger partial charge in [-0.2, -0.15) is 0 Å². The molecule has 1 unspecified atom stereocenters. The Hall–Kier alpha value is -0.860. The summed E-state index contributed by atoms with van der Waals surface area (Å²) >= 11 is 0. The second-order valence-electron chi connectivity index (χ2n) is 5.99. The average molecular weight is 293 g/mol. The van der Waals surface area contributed by atoms with E-state index >= 15 is 0 Å². The van der Waals surface area contributed by atoms with E-state index in [-0.39, 0.29) is 11.5 Å². The van der Waals surface area contributed by atoms with Gasteiger partial charge in [0.15, 0.2) is 0 Å². The third-order valence-electron chi connectivity index (χ3n) is 4.10. The zero-order valence-corrected chi connectivity index (χ0v) is 13.8. The van der Waals surface area contributed by atoms with Gasteiger partial charge in [-0.1, -0.05) is 101 Å². The van der Waals surface area contributed by atoms with Crippen molar-refractivity contribution in [2.24, 2.45) is 5.73 Å². The molecule has 0 saturated carbocycles. The van der Waals surface area contributed by atoms with E-state index in [1.54, 1.807) is 0 Å². The number of hydrogen-bond donors (Lipinski definition) is 1. The highest BCUT2D eigenvalue weighted by Crippen LogP contribution is 2.18. The van der Waals surface area contributed by atoms with Crippen molar-refractivity contribution in [1.29, 1.82) is 0 Å². The molecule has 2 heteroatoms. The lowest BCUT2D eigenvalue weighted by molar-refractivity contribution is 0.529. The van der Waals surface area contributed by atoms with Crippen molar-refractivity contribution in [2.45, 2.75) is 83.6 Å². The van der Waals surface area contributed by atoms with Gasteiger partial charge in [0.1, 0.15) is 0 Å². The molecule has 2 nitrogen and oxygen atoms in total. The topological polar surface area (TPSA) is 57.5 Å². The van der Waals surface area contributed by atoms with Crippen LogP contribution in [0.2, 0.25) is 0 Å². The quantitative estimate of drug-likeness (QED) is 0.531. The van der Waals surface area contributed by atoms with Gasteiger partial charge in [0.05, 0.1) is 0 Å². The van der Waals surface area contributed by atoms with Crippen LogP contribution in [0.5, 0.6) is 0 Å². The van der Waals surface area contributed by atoms with Gasteiger partial charge in [-0.25, -0.2) is 0 Å². The summed E-state index contributed by atoms with van der Waals surface area (Å²) in [5.41, 5.74) is 7.48. The first kappa shape index (κ1) is 20.1. The van der Waals surface area contributed by atoms with E-state index in [0.29, 0.717) is 0 Å². The monoisotopic (exact) mass is 293 g/mol. The van der Waals surface area contributed by atoms with E-state index in [4.69, 9.17) is 5.73 Å². The van der Waals surface area contributed by atoms with E-state index in [1.807, 2.05) is 0 Å². The van der Waals surface area contributed by atoms with Gasteiger partial charge >= 0.3 is 0 Å². The summed E-state index contributed by atoms with van der Waals surface area (Å²) in [4.78, 5) is 0. The third kappa shape index (κ3) is 10.5. The van der Waals surface area contributed by atoms with E-state index in [9.17, 15) is 0 Å². The Morgan fingerprint density at radius 3 is 1.76 bits per heavy atom. The van der Waals surface area contributed by atoms with Crippen LogP contribution < -0.4 is 5.73 Å². The number of unbranched alkanes of at least 4 members (excludes halogenated alkanes) is 9. The van der Waals surface area contributed by atoms with E-state index in [2.05, 4.69) is 37.3 Å². The summed E-state index contributed by atoms with van der Waals surface area (Å²) in [7, 11) is 0. The predicted molar refractivity (Wildman–Crippen MR) is 93.4 cm³/mol. The highest BCUT2D eigenvalue weighted by atomic mass is 16.0. The molecule has 0 amide bonds. The summed E-state index contributed by atoms with van der Waals surface area (Å²) in [5.74, 6) is 0. The molecule has 1 aromatic rings. The fourth-order valence-corrected chi connectivity index (χ4v) is 2.72. The van der Waals surface area contributed by atoms with Gasteiger partial charge in [-0.05, 0) is 12.0 Å². The zero-order chi connectivity index (χ0) is 14.5. The lowest BCUT2D eigenvalue weighted by Gasteiger charge is -2.11. The zero-order valence-electron chi connectivity index (χ0n) is 13.8. The van der Waals surface area contributed by atoms with Crippen molar-refractivity contribution in [3.63, 3.8) is 0 Å². The van der Waals surface area contributed by atoms with Crippen LogP contribution >= 0.6 is 0 Å². The molecule has 122 valence electrons. The van der Waals surface area contributed by atoms with Crippen LogP contribution in [0.15, 0.2) is 30.3 Å². The molecule has 0 aromatic heterocycles. The molecule has 1 atom stereocenters. The number of rotatable bonds is 12. The minimum atomic E-state index is 0. The minimum absolute atomic E-state index is 0. The second kappa shape index (κ2) is 14.1. The van der Waals surface area contributed by atoms with Crippen LogP contribution in [0.3, 0.4) is 0 Å². The highest BCUT2D eigenvalue weighted by Gasteiger charge is 2.04. The molecule has 21 heavy (non-hydrogen) atoms. The lowest BCUT2D eigenvalue weighted by atomic mass is 10.00. The summed E-state index contributed by atoms with van der Waals surface area (Å²) < 4.78 is 0. The largest absolute Gasteiger partial charge is 0.412 e. The minimum Gasteiger partial charge on any atom is -0.412 e. The Labute approximate surface area is 131 Å². The molecule has 4 N–H and O–H groups in total. The van der Waals surface area contributed by atoms with Crippen molar-refractivity contribution >= 4 is 0 Å². The van der Waals surface area contributed by atoms with Crippen molar-refractivity contribution in [3.8, 4) is 0 Å². The van der Waals surface area contributed by atoms with Crippen molar-refractivity contribution in [2.75, 3.05) is 0 Å². The Balaban J connectivity index is 0.00000400. The van der Waals surface area contributed by atoms with Gasteiger partial charge in [0.2, 0.25) is 0 Å². The summed E-state index contributed by atoms with van der Waals surface area (Å²) in [6.45, 7) is 2.28. The molecule has 0 spiro atoms. The normalized spacial score (nSPS) is 11.9. The molecule has 0 fully saturated rings. The molecular weight excluding hydrogens is 258 g/mol. The first-order valence-electron chi connectivity index (χ1n) is 8.65. The number of benzene rings is 1. The van der Waals surface area contributed by atoms with E-state index < -0.39 is 0 Å². The molecule has 1 aromatic carbocycles. The number of hydrogen-bond acceptors (Lipinski definition) is 1. The maximum absolute atomic E-state index is 6.20. The first-order chi connectivity index (χ1) is 9.84. The fraction of sp³-hybridized carbons (Fsp3) is 0.684. The SMILES string of the molecule is CCCCCCCCCCCCC(N)c1ccccc1.O. The summed E-state index contributed by atoms with van der Waals surface area (Å²) in [6, 6.07) is 10.7. The van der Waals surface area contributed by atoms with Crippen LogP contribution in [0.1, 0.15) is 89.2 Å². The molecular formula is C19H35NO. The Morgan fingerprint density at radius 2 is 1.24 bits per heavy atom. The Bertz CT molecular complexity index is 313. The molecule has 0 bridgehead atoms. The van der Waals surface area contributed by atoms with Gasteiger partial charge in [-0.15, -0.1) is 0 Å². The average Bonchev–Trinajstić information content (AvgIpc) is 2.50. The maximum Gasteiger partial charge on any atom is 0.0294 e. The van der Waals surface area contributed by atoms with Crippen LogP contribution in [0, 0.1) is 0 Å². The Morgan fingerprint density at radius 1 is 0.762 bits per heavy atom. The second-order valence-corrected chi connectivity index (χ2v) is 5.99.